The van der Waals surface area contributed by atoms with Crippen LogP contribution in [0, 0.1) is 11.7 Å². The van der Waals surface area contributed by atoms with Gasteiger partial charge in [-0.15, -0.1) is 0 Å². The Morgan fingerprint density at radius 3 is 2.33 bits per heavy atom. The summed E-state index contributed by atoms with van der Waals surface area (Å²) in [6, 6.07) is 8.89. The minimum absolute atomic E-state index is 0.0189. The fourth-order valence-electron chi connectivity index (χ4n) is 7.01. The molecule has 14 heteroatoms. The summed E-state index contributed by atoms with van der Waals surface area (Å²) >= 11 is 0. The molecule has 3 amide bonds. The molecule has 0 bridgehead atoms. The molecule has 4 aromatic rings. The number of halogens is 1. The Labute approximate surface area is 284 Å². The molecule has 0 spiro atoms. The number of hydrogen-bond acceptors (Lipinski definition) is 8. The van der Waals surface area contributed by atoms with Crippen molar-refractivity contribution in [3.63, 3.8) is 0 Å². The minimum atomic E-state index is -0.380. The van der Waals surface area contributed by atoms with Gasteiger partial charge in [0.05, 0.1) is 29.5 Å². The third-order valence-corrected chi connectivity index (χ3v) is 9.91. The van der Waals surface area contributed by atoms with E-state index in [0.29, 0.717) is 59.6 Å². The van der Waals surface area contributed by atoms with Gasteiger partial charge in [0.15, 0.2) is 0 Å². The lowest BCUT2D eigenvalue weighted by Gasteiger charge is -2.32. The summed E-state index contributed by atoms with van der Waals surface area (Å²) in [4.78, 5) is 42.7. The molecule has 6 rings (SSSR count). The Morgan fingerprint density at radius 1 is 0.980 bits per heavy atom. The van der Waals surface area contributed by atoms with Crippen LogP contribution in [-0.2, 0) is 28.0 Å². The van der Waals surface area contributed by atoms with Crippen LogP contribution in [0.3, 0.4) is 0 Å². The van der Waals surface area contributed by atoms with Crippen LogP contribution >= 0.6 is 0 Å². The van der Waals surface area contributed by atoms with Crippen LogP contribution in [0.4, 0.5) is 4.39 Å². The number of nitrogens with one attached hydrogen (secondary N) is 2. The highest BCUT2D eigenvalue weighted by molar-refractivity contribution is 6.00. The van der Waals surface area contributed by atoms with E-state index >= 15 is 4.39 Å². The van der Waals surface area contributed by atoms with E-state index in [2.05, 4.69) is 22.8 Å². The first-order valence-electron chi connectivity index (χ1n) is 17.0. The third kappa shape index (κ3) is 7.38. The normalized spacial score (nSPS) is 16.4. The van der Waals surface area contributed by atoms with Crippen LogP contribution in [-0.4, -0.2) is 79.8 Å². The van der Waals surface area contributed by atoms with E-state index in [9.17, 15) is 14.4 Å². The number of aromatic nitrogens is 4. The highest BCUT2D eigenvalue weighted by atomic mass is 19.1. The van der Waals surface area contributed by atoms with Gasteiger partial charge in [-0.3, -0.25) is 29.6 Å². The van der Waals surface area contributed by atoms with Crippen molar-refractivity contribution in [2.45, 2.75) is 57.9 Å². The molecule has 2 aromatic carbocycles. The molecule has 0 aliphatic carbocycles. The van der Waals surface area contributed by atoms with Gasteiger partial charge in [0.2, 0.25) is 17.7 Å². The number of hydrogen-bond donors (Lipinski definition) is 4. The summed E-state index contributed by atoms with van der Waals surface area (Å²) in [5, 5.41) is 13.5. The number of fused-ring (bicyclic) bond motifs is 2. The molecule has 49 heavy (non-hydrogen) atoms. The molecule has 0 unspecified atom stereocenters. The minimum Gasteiger partial charge on any atom is -0.399 e. The number of amides is 3. The van der Waals surface area contributed by atoms with E-state index in [0.717, 1.165) is 42.5 Å². The standard InChI is InChI=1S/C35H45FN10O3/c1-22-8-12-44(13-9-22)32(48)6-7-33(49)45-14-10-23(11-15-45)35-34-26(27-17-30-24(16-28(27)36)18-41-43(30)2)4-3-5-29(34)46(42-35)21-31(47)39-19-25(37)20-40-38/h3-5,16-18,20,22-23,40H,6-15,19,21,37-38H2,1-2H3,(H,39,47)/b25-20-. The number of piperidine rings is 2. The van der Waals surface area contributed by atoms with E-state index in [1.807, 2.05) is 35.0 Å². The van der Waals surface area contributed by atoms with Gasteiger partial charge >= 0.3 is 0 Å². The highest BCUT2D eigenvalue weighted by Gasteiger charge is 2.30. The Balaban J connectivity index is 1.24. The maximum atomic E-state index is 15.7. The van der Waals surface area contributed by atoms with Crippen molar-refractivity contribution in [1.29, 1.82) is 0 Å². The Kier molecular flexibility index (Phi) is 10.1. The lowest BCUT2D eigenvalue weighted by atomic mass is 9.88. The molecular formula is C35H45FN10O3. The average Bonchev–Trinajstić information content (AvgIpc) is 3.65. The Morgan fingerprint density at radius 2 is 1.65 bits per heavy atom. The molecule has 6 N–H and O–H groups in total. The predicted molar refractivity (Wildman–Crippen MR) is 185 cm³/mol. The number of aryl methyl sites for hydroxylation is 1. The van der Waals surface area contributed by atoms with E-state index in [1.54, 1.807) is 21.6 Å². The quantitative estimate of drug-likeness (QED) is 0.147. The first-order valence-corrected chi connectivity index (χ1v) is 17.0. The van der Waals surface area contributed by atoms with Crippen molar-refractivity contribution in [2.24, 2.45) is 24.5 Å². The number of carbonyl (C=O) groups excluding carboxylic acids is 3. The van der Waals surface area contributed by atoms with Gasteiger partial charge in [-0.1, -0.05) is 19.1 Å². The molecule has 0 atom stereocenters. The molecule has 2 fully saturated rings. The van der Waals surface area contributed by atoms with Gasteiger partial charge in [0, 0.05) is 80.2 Å². The summed E-state index contributed by atoms with van der Waals surface area (Å²) in [5.74, 6) is 5.23. The molecule has 2 aliphatic heterocycles. The van der Waals surface area contributed by atoms with Crippen molar-refractivity contribution < 1.29 is 18.8 Å². The topological polar surface area (TPSA) is 169 Å². The van der Waals surface area contributed by atoms with E-state index in [4.69, 9.17) is 16.7 Å². The zero-order valence-electron chi connectivity index (χ0n) is 28.1. The van der Waals surface area contributed by atoms with Gasteiger partial charge in [-0.2, -0.15) is 10.2 Å². The van der Waals surface area contributed by atoms with Gasteiger partial charge in [-0.25, -0.2) is 4.39 Å². The lowest BCUT2D eigenvalue weighted by Crippen LogP contribution is -2.40. The number of benzene rings is 2. The van der Waals surface area contributed by atoms with Crippen molar-refractivity contribution in [3.05, 3.63) is 59.9 Å². The summed E-state index contributed by atoms with van der Waals surface area (Å²) in [5.41, 5.74) is 11.9. The van der Waals surface area contributed by atoms with Crippen molar-refractivity contribution in [2.75, 3.05) is 32.7 Å². The van der Waals surface area contributed by atoms with E-state index < -0.39 is 0 Å². The third-order valence-electron chi connectivity index (χ3n) is 9.91. The molecule has 2 aliphatic rings. The maximum Gasteiger partial charge on any atom is 0.242 e. The number of rotatable bonds is 10. The maximum absolute atomic E-state index is 15.7. The lowest BCUT2D eigenvalue weighted by molar-refractivity contribution is -0.138. The van der Waals surface area contributed by atoms with Gasteiger partial charge in [0.1, 0.15) is 12.4 Å². The van der Waals surface area contributed by atoms with Crippen molar-refractivity contribution in [1.82, 2.24) is 40.1 Å². The van der Waals surface area contributed by atoms with Crippen LogP contribution < -0.4 is 22.3 Å². The second kappa shape index (κ2) is 14.6. The van der Waals surface area contributed by atoms with E-state index in [1.165, 1.54) is 12.3 Å². The number of nitrogens with two attached hydrogens (primary N) is 2. The SMILES string of the molecule is CC1CCN(C(=O)CCC(=O)N2CCC(c3nn(CC(=O)NC/C(N)=C/NN)c4cccc(-c5cc6c(cnn6C)cc5F)c34)CC2)CC1. The first-order chi connectivity index (χ1) is 23.6. The summed E-state index contributed by atoms with van der Waals surface area (Å²) in [6.07, 6.45) is 6.76. The molecule has 0 radical (unpaired) electrons. The van der Waals surface area contributed by atoms with Gasteiger partial charge < -0.3 is 26.3 Å². The molecular weight excluding hydrogens is 627 g/mol. The summed E-state index contributed by atoms with van der Waals surface area (Å²) in [6.45, 7) is 4.80. The molecule has 13 nitrogen and oxygen atoms in total. The van der Waals surface area contributed by atoms with Crippen LogP contribution in [0.25, 0.3) is 32.9 Å². The fourth-order valence-corrected chi connectivity index (χ4v) is 7.01. The Bertz CT molecular complexity index is 1880. The zero-order chi connectivity index (χ0) is 34.7. The average molecular weight is 673 g/mol. The van der Waals surface area contributed by atoms with Crippen LogP contribution in [0.1, 0.15) is 57.1 Å². The predicted octanol–water partition coefficient (Wildman–Crippen LogP) is 2.85. The number of hydrazine groups is 1. The summed E-state index contributed by atoms with van der Waals surface area (Å²) < 4.78 is 19.1. The monoisotopic (exact) mass is 672 g/mol. The van der Waals surface area contributed by atoms with Gasteiger partial charge in [-0.05, 0) is 55.4 Å². The molecule has 260 valence electrons. The van der Waals surface area contributed by atoms with Crippen molar-refractivity contribution in [3.8, 4) is 11.1 Å². The molecule has 4 heterocycles. The number of nitrogens with zero attached hydrogens (tertiary/aromatic N) is 6. The largest absolute Gasteiger partial charge is 0.399 e. The number of carbonyl (C=O) groups is 3. The first kappa shape index (κ1) is 33.9. The van der Waals surface area contributed by atoms with Crippen LogP contribution in [0.15, 0.2) is 48.4 Å². The zero-order valence-corrected chi connectivity index (χ0v) is 28.1. The smallest absolute Gasteiger partial charge is 0.242 e. The van der Waals surface area contributed by atoms with E-state index in [-0.39, 0.29) is 55.4 Å². The second-order valence-corrected chi connectivity index (χ2v) is 13.3. The second-order valence-electron chi connectivity index (χ2n) is 13.3. The van der Waals surface area contributed by atoms with Crippen molar-refractivity contribution >= 4 is 39.5 Å². The fraction of sp³-hybridized carbons (Fsp3) is 0.457. The highest BCUT2D eigenvalue weighted by Crippen LogP contribution is 2.40. The molecule has 2 saturated heterocycles. The Hall–Kier alpha value is -4.98. The molecule has 2 aromatic heterocycles. The molecule has 0 saturated carbocycles. The van der Waals surface area contributed by atoms with Crippen LogP contribution in [0.2, 0.25) is 0 Å². The number of likely N-dealkylation sites (tertiary alicyclic amines) is 2. The van der Waals surface area contributed by atoms with Gasteiger partial charge in [0.25, 0.3) is 0 Å². The van der Waals surface area contributed by atoms with Crippen LogP contribution in [0.5, 0.6) is 0 Å². The summed E-state index contributed by atoms with van der Waals surface area (Å²) in [7, 11) is 1.82.